The molecule has 0 spiro atoms. The number of ether oxygens (including phenoxy) is 1. The van der Waals surface area contributed by atoms with E-state index in [1.807, 2.05) is 0 Å². The maximum absolute atomic E-state index is 5.74. The van der Waals surface area contributed by atoms with Crippen LogP contribution in [0.3, 0.4) is 0 Å². The highest BCUT2D eigenvalue weighted by molar-refractivity contribution is 4.92. The molecule has 2 aliphatic rings. The van der Waals surface area contributed by atoms with E-state index in [1.165, 1.54) is 38.9 Å². The number of likely N-dealkylation sites (tertiary alicyclic amines) is 1. The van der Waals surface area contributed by atoms with Crippen molar-refractivity contribution in [3.8, 4) is 0 Å². The van der Waals surface area contributed by atoms with E-state index in [0.717, 1.165) is 25.8 Å². The lowest BCUT2D eigenvalue weighted by molar-refractivity contribution is 0.0938. The Hall–Kier alpha value is -0.160. The monoisotopic (exact) mass is 283 g/mol. The second-order valence-electron chi connectivity index (χ2n) is 7.37. The summed E-state index contributed by atoms with van der Waals surface area (Å²) in [5, 5.41) is 3.64. The lowest BCUT2D eigenvalue weighted by atomic mass is 9.86. The SMILES string of the molecule is CC(C)NCC1(CN2CCCC2CN(C)C)CCOC1. The average molecular weight is 283 g/mol. The molecule has 1 N–H and O–H groups in total. The van der Waals surface area contributed by atoms with E-state index in [2.05, 4.69) is 43.1 Å². The van der Waals surface area contributed by atoms with Crippen LogP contribution in [0, 0.1) is 5.41 Å². The average Bonchev–Trinajstić information content (AvgIpc) is 2.98. The standard InChI is InChI=1S/C16H33N3O/c1-14(2)17-11-16(7-9-20-13-16)12-19-8-5-6-15(19)10-18(3)4/h14-15,17H,5-13H2,1-4H3. The Morgan fingerprint density at radius 3 is 2.80 bits per heavy atom. The van der Waals surface area contributed by atoms with Gasteiger partial charge < -0.3 is 15.0 Å². The zero-order valence-corrected chi connectivity index (χ0v) is 13.8. The quantitative estimate of drug-likeness (QED) is 0.765. The van der Waals surface area contributed by atoms with Gasteiger partial charge in [0.05, 0.1) is 6.61 Å². The van der Waals surface area contributed by atoms with Crippen molar-refractivity contribution in [2.75, 3.05) is 53.5 Å². The Kier molecular flexibility index (Phi) is 5.84. The maximum Gasteiger partial charge on any atom is 0.0547 e. The molecule has 118 valence electrons. The van der Waals surface area contributed by atoms with Gasteiger partial charge in [-0.2, -0.15) is 0 Å². The summed E-state index contributed by atoms with van der Waals surface area (Å²) in [6.07, 6.45) is 3.91. The van der Waals surface area contributed by atoms with Gasteiger partial charge in [-0.3, -0.25) is 4.90 Å². The number of rotatable bonds is 7. The van der Waals surface area contributed by atoms with Crippen LogP contribution in [0.4, 0.5) is 0 Å². The molecule has 0 radical (unpaired) electrons. The molecule has 0 saturated carbocycles. The van der Waals surface area contributed by atoms with Crippen LogP contribution in [0.1, 0.15) is 33.1 Å². The first-order valence-corrected chi connectivity index (χ1v) is 8.21. The fourth-order valence-corrected chi connectivity index (χ4v) is 3.55. The summed E-state index contributed by atoms with van der Waals surface area (Å²) < 4.78 is 5.74. The molecule has 2 fully saturated rings. The molecule has 0 aromatic carbocycles. The van der Waals surface area contributed by atoms with Crippen molar-refractivity contribution in [1.29, 1.82) is 0 Å². The zero-order valence-electron chi connectivity index (χ0n) is 13.8. The number of hydrogen-bond acceptors (Lipinski definition) is 4. The molecular weight excluding hydrogens is 250 g/mol. The van der Waals surface area contributed by atoms with Crippen molar-refractivity contribution in [3.63, 3.8) is 0 Å². The van der Waals surface area contributed by atoms with Crippen molar-refractivity contribution in [3.05, 3.63) is 0 Å². The number of hydrogen-bond donors (Lipinski definition) is 1. The summed E-state index contributed by atoms with van der Waals surface area (Å²) in [5.41, 5.74) is 0.333. The molecule has 0 amide bonds. The Morgan fingerprint density at radius 1 is 1.40 bits per heavy atom. The van der Waals surface area contributed by atoms with Gasteiger partial charge in [-0.25, -0.2) is 0 Å². The van der Waals surface area contributed by atoms with E-state index < -0.39 is 0 Å². The highest BCUT2D eigenvalue weighted by Crippen LogP contribution is 2.32. The highest BCUT2D eigenvalue weighted by atomic mass is 16.5. The van der Waals surface area contributed by atoms with Crippen molar-refractivity contribution >= 4 is 0 Å². The lowest BCUT2D eigenvalue weighted by Crippen LogP contribution is -2.49. The summed E-state index contributed by atoms with van der Waals surface area (Å²) in [6, 6.07) is 1.30. The largest absolute Gasteiger partial charge is 0.381 e. The van der Waals surface area contributed by atoms with Crippen LogP contribution in [0.15, 0.2) is 0 Å². The first kappa shape index (κ1) is 16.2. The minimum absolute atomic E-state index is 0.333. The maximum atomic E-state index is 5.74. The fraction of sp³-hybridized carbons (Fsp3) is 1.00. The van der Waals surface area contributed by atoms with Crippen molar-refractivity contribution in [2.24, 2.45) is 5.41 Å². The molecular formula is C16H33N3O. The van der Waals surface area contributed by atoms with Gasteiger partial charge in [0.1, 0.15) is 0 Å². The molecule has 2 rings (SSSR count). The molecule has 0 aromatic heterocycles. The Bertz CT molecular complexity index is 287. The minimum atomic E-state index is 0.333. The Balaban J connectivity index is 1.93. The molecule has 0 aliphatic carbocycles. The van der Waals surface area contributed by atoms with Crippen LogP contribution in [-0.2, 0) is 4.74 Å². The summed E-state index contributed by atoms with van der Waals surface area (Å²) in [5.74, 6) is 0. The lowest BCUT2D eigenvalue weighted by Gasteiger charge is -2.36. The molecule has 20 heavy (non-hydrogen) atoms. The third-order valence-electron chi connectivity index (χ3n) is 4.68. The molecule has 4 nitrogen and oxygen atoms in total. The van der Waals surface area contributed by atoms with E-state index >= 15 is 0 Å². The summed E-state index contributed by atoms with van der Waals surface area (Å²) in [7, 11) is 4.37. The number of nitrogens with one attached hydrogen (secondary N) is 1. The van der Waals surface area contributed by atoms with E-state index in [9.17, 15) is 0 Å². The van der Waals surface area contributed by atoms with Gasteiger partial charge in [0.2, 0.25) is 0 Å². The topological polar surface area (TPSA) is 27.7 Å². The fourth-order valence-electron chi connectivity index (χ4n) is 3.55. The molecule has 0 aromatic rings. The molecule has 2 unspecified atom stereocenters. The smallest absolute Gasteiger partial charge is 0.0547 e. The van der Waals surface area contributed by atoms with Gasteiger partial charge in [-0.05, 0) is 39.9 Å². The summed E-state index contributed by atoms with van der Waals surface area (Å²) in [6.45, 7) is 11.1. The Morgan fingerprint density at radius 2 is 2.20 bits per heavy atom. The van der Waals surface area contributed by atoms with Crippen molar-refractivity contribution < 1.29 is 4.74 Å². The van der Waals surface area contributed by atoms with E-state index in [-0.39, 0.29) is 0 Å². The third kappa shape index (κ3) is 4.42. The van der Waals surface area contributed by atoms with E-state index in [1.54, 1.807) is 0 Å². The zero-order chi connectivity index (χ0) is 14.6. The molecule has 2 saturated heterocycles. The predicted octanol–water partition coefficient (Wildman–Crippen LogP) is 1.42. The molecule has 0 bridgehead atoms. The number of likely N-dealkylation sites (N-methyl/N-ethyl adjacent to an activating group) is 1. The van der Waals surface area contributed by atoms with Crippen molar-refractivity contribution in [1.82, 2.24) is 15.1 Å². The van der Waals surface area contributed by atoms with Gasteiger partial charge in [-0.1, -0.05) is 13.8 Å². The second kappa shape index (κ2) is 7.21. The van der Waals surface area contributed by atoms with Gasteiger partial charge >= 0.3 is 0 Å². The highest BCUT2D eigenvalue weighted by Gasteiger charge is 2.39. The summed E-state index contributed by atoms with van der Waals surface area (Å²) in [4.78, 5) is 5.05. The first-order valence-electron chi connectivity index (χ1n) is 8.21. The van der Waals surface area contributed by atoms with Crippen LogP contribution in [0.5, 0.6) is 0 Å². The predicted molar refractivity (Wildman–Crippen MR) is 84.2 cm³/mol. The second-order valence-corrected chi connectivity index (χ2v) is 7.37. The number of nitrogens with zero attached hydrogens (tertiary/aromatic N) is 2. The van der Waals surface area contributed by atoms with E-state index in [4.69, 9.17) is 4.74 Å². The third-order valence-corrected chi connectivity index (χ3v) is 4.68. The van der Waals surface area contributed by atoms with Gasteiger partial charge in [0.15, 0.2) is 0 Å². The van der Waals surface area contributed by atoms with Crippen LogP contribution < -0.4 is 5.32 Å². The normalized spacial score (nSPS) is 31.8. The van der Waals surface area contributed by atoms with E-state index in [0.29, 0.717) is 11.5 Å². The van der Waals surface area contributed by atoms with Crippen LogP contribution in [-0.4, -0.2) is 75.4 Å². The molecule has 4 heteroatoms. The van der Waals surface area contributed by atoms with Crippen molar-refractivity contribution in [2.45, 2.75) is 45.2 Å². The Labute approximate surface area is 124 Å². The van der Waals surface area contributed by atoms with Gasteiger partial charge in [0, 0.05) is 43.7 Å². The van der Waals surface area contributed by atoms with Gasteiger partial charge in [0.25, 0.3) is 0 Å². The van der Waals surface area contributed by atoms with Crippen LogP contribution in [0.2, 0.25) is 0 Å². The molecule has 2 aliphatic heterocycles. The van der Waals surface area contributed by atoms with Crippen LogP contribution in [0.25, 0.3) is 0 Å². The minimum Gasteiger partial charge on any atom is -0.381 e. The molecule has 2 atom stereocenters. The first-order chi connectivity index (χ1) is 9.51. The van der Waals surface area contributed by atoms with Crippen LogP contribution >= 0.6 is 0 Å². The van der Waals surface area contributed by atoms with Gasteiger partial charge in [-0.15, -0.1) is 0 Å². The molecule has 2 heterocycles. The summed E-state index contributed by atoms with van der Waals surface area (Å²) >= 11 is 0.